The lowest BCUT2D eigenvalue weighted by atomic mass is 10.1. The van der Waals surface area contributed by atoms with Crippen LogP contribution in [0.15, 0.2) is 30.3 Å². The van der Waals surface area contributed by atoms with Gasteiger partial charge in [0.15, 0.2) is 0 Å². The maximum Gasteiger partial charge on any atom is 0.251 e. The van der Waals surface area contributed by atoms with E-state index in [-0.39, 0.29) is 24.4 Å². The number of hydrogen-bond donors (Lipinski definition) is 3. The van der Waals surface area contributed by atoms with E-state index in [0.717, 1.165) is 25.9 Å². The Morgan fingerprint density at radius 3 is 2.74 bits per heavy atom. The third kappa shape index (κ3) is 4.37. The topological polar surface area (TPSA) is 70.2 Å². The first kappa shape index (κ1) is 13.5. The molecule has 2 amide bonds. The largest absolute Gasteiger partial charge is 0.351 e. The van der Waals surface area contributed by atoms with Gasteiger partial charge < -0.3 is 16.0 Å². The van der Waals surface area contributed by atoms with Crippen LogP contribution < -0.4 is 16.0 Å². The maximum atomic E-state index is 11.7. The fourth-order valence-corrected chi connectivity index (χ4v) is 2.11. The molecule has 2 rings (SSSR count). The second-order valence-corrected chi connectivity index (χ2v) is 4.66. The summed E-state index contributed by atoms with van der Waals surface area (Å²) in [5.74, 6) is -0.365. The van der Waals surface area contributed by atoms with Crippen molar-refractivity contribution in [2.75, 3.05) is 19.6 Å². The Morgan fingerprint density at radius 1 is 1.26 bits per heavy atom. The fourth-order valence-electron chi connectivity index (χ4n) is 2.11. The first-order valence-electron chi connectivity index (χ1n) is 6.59. The normalized spacial score (nSPS) is 18.6. The van der Waals surface area contributed by atoms with E-state index in [1.54, 1.807) is 24.3 Å². The quantitative estimate of drug-likeness (QED) is 0.729. The van der Waals surface area contributed by atoms with Gasteiger partial charge in [-0.25, -0.2) is 0 Å². The van der Waals surface area contributed by atoms with Gasteiger partial charge in [-0.05, 0) is 31.5 Å². The highest BCUT2D eigenvalue weighted by molar-refractivity contribution is 5.96. The molecule has 0 spiro atoms. The molecule has 5 nitrogen and oxygen atoms in total. The van der Waals surface area contributed by atoms with Crippen LogP contribution in [0.25, 0.3) is 0 Å². The van der Waals surface area contributed by atoms with E-state index in [1.807, 2.05) is 6.07 Å². The number of amides is 2. The fraction of sp³-hybridized carbons (Fsp3) is 0.429. The zero-order valence-electron chi connectivity index (χ0n) is 10.8. The lowest BCUT2D eigenvalue weighted by Gasteiger charge is -2.23. The molecule has 3 N–H and O–H groups in total. The van der Waals surface area contributed by atoms with Gasteiger partial charge in [0.2, 0.25) is 5.91 Å². The van der Waals surface area contributed by atoms with Crippen molar-refractivity contribution in [2.24, 2.45) is 0 Å². The zero-order chi connectivity index (χ0) is 13.5. The van der Waals surface area contributed by atoms with E-state index in [9.17, 15) is 9.59 Å². The van der Waals surface area contributed by atoms with Crippen LogP contribution in [0, 0.1) is 0 Å². The summed E-state index contributed by atoms with van der Waals surface area (Å²) in [6.45, 7) is 1.83. The molecule has 0 aromatic heterocycles. The number of carbonyl (C=O) groups is 2. The van der Waals surface area contributed by atoms with Crippen LogP contribution in [0.2, 0.25) is 0 Å². The molecule has 1 aliphatic rings. The van der Waals surface area contributed by atoms with Crippen molar-refractivity contribution < 1.29 is 9.59 Å². The summed E-state index contributed by atoms with van der Waals surface area (Å²) in [4.78, 5) is 23.4. The van der Waals surface area contributed by atoms with E-state index in [2.05, 4.69) is 16.0 Å². The van der Waals surface area contributed by atoms with Crippen LogP contribution >= 0.6 is 0 Å². The van der Waals surface area contributed by atoms with Crippen molar-refractivity contribution in [3.63, 3.8) is 0 Å². The van der Waals surface area contributed by atoms with Crippen molar-refractivity contribution in [3.05, 3.63) is 35.9 Å². The lowest BCUT2D eigenvalue weighted by molar-refractivity contribution is -0.120. The minimum atomic E-state index is -0.225. The molecule has 1 aromatic carbocycles. The average molecular weight is 261 g/mol. The molecule has 5 heteroatoms. The molecule has 1 fully saturated rings. The van der Waals surface area contributed by atoms with E-state index < -0.39 is 0 Å². The van der Waals surface area contributed by atoms with Crippen LogP contribution in [0.4, 0.5) is 0 Å². The highest BCUT2D eigenvalue weighted by Crippen LogP contribution is 2.01. The van der Waals surface area contributed by atoms with Gasteiger partial charge in [0, 0.05) is 18.2 Å². The Balaban J connectivity index is 1.72. The highest BCUT2D eigenvalue weighted by Gasteiger charge is 2.15. The monoisotopic (exact) mass is 261 g/mol. The molecule has 1 aliphatic heterocycles. The highest BCUT2D eigenvalue weighted by atomic mass is 16.2. The van der Waals surface area contributed by atoms with Crippen LogP contribution in [-0.4, -0.2) is 37.5 Å². The van der Waals surface area contributed by atoms with Crippen molar-refractivity contribution in [1.82, 2.24) is 16.0 Å². The van der Waals surface area contributed by atoms with Gasteiger partial charge in [-0.3, -0.25) is 9.59 Å². The van der Waals surface area contributed by atoms with Gasteiger partial charge in [0.05, 0.1) is 6.54 Å². The Morgan fingerprint density at radius 2 is 2.05 bits per heavy atom. The minimum absolute atomic E-state index is 0.0181. The predicted octanol–water partition coefficient (Wildman–Crippen LogP) is 0.285. The van der Waals surface area contributed by atoms with Crippen LogP contribution in [0.3, 0.4) is 0 Å². The number of rotatable bonds is 4. The van der Waals surface area contributed by atoms with Gasteiger partial charge >= 0.3 is 0 Å². The summed E-state index contributed by atoms with van der Waals surface area (Å²) in [5, 5.41) is 8.76. The maximum absolute atomic E-state index is 11.7. The summed E-state index contributed by atoms with van der Waals surface area (Å²) in [6.07, 6.45) is 2.06. The summed E-state index contributed by atoms with van der Waals surface area (Å²) in [7, 11) is 0. The third-order valence-corrected chi connectivity index (χ3v) is 3.11. The van der Waals surface area contributed by atoms with Crippen molar-refractivity contribution in [3.8, 4) is 0 Å². The number of carbonyl (C=O) groups excluding carboxylic acids is 2. The summed E-state index contributed by atoms with van der Waals surface area (Å²) < 4.78 is 0. The SMILES string of the molecule is O=C(CNC(=O)c1ccccc1)N[C@H]1CCCNC1. The Labute approximate surface area is 112 Å². The second-order valence-electron chi connectivity index (χ2n) is 4.66. The summed E-state index contributed by atoms with van der Waals surface area (Å²) >= 11 is 0. The van der Waals surface area contributed by atoms with Crippen LogP contribution in [0.1, 0.15) is 23.2 Å². The van der Waals surface area contributed by atoms with E-state index >= 15 is 0 Å². The lowest BCUT2D eigenvalue weighted by Crippen LogP contribution is -2.48. The second kappa shape index (κ2) is 6.89. The number of piperidine rings is 1. The molecule has 1 aromatic rings. The Hall–Kier alpha value is -1.88. The average Bonchev–Trinajstić information content (AvgIpc) is 2.47. The Kier molecular flexibility index (Phi) is 4.92. The molecule has 0 aliphatic carbocycles. The van der Waals surface area contributed by atoms with Gasteiger partial charge in [0.1, 0.15) is 0 Å². The molecule has 0 radical (unpaired) electrons. The first-order valence-corrected chi connectivity index (χ1v) is 6.59. The molecule has 19 heavy (non-hydrogen) atoms. The standard InChI is InChI=1S/C14H19N3O2/c18-13(17-12-7-4-8-15-9-12)10-16-14(19)11-5-2-1-3-6-11/h1-3,5-6,12,15H,4,7-10H2,(H,16,19)(H,17,18)/t12-/m0/s1. The minimum Gasteiger partial charge on any atom is -0.351 e. The molecular formula is C14H19N3O2. The molecular weight excluding hydrogens is 242 g/mol. The molecule has 0 unspecified atom stereocenters. The van der Waals surface area contributed by atoms with Crippen molar-refractivity contribution >= 4 is 11.8 Å². The van der Waals surface area contributed by atoms with E-state index in [4.69, 9.17) is 0 Å². The smallest absolute Gasteiger partial charge is 0.251 e. The number of hydrogen-bond acceptors (Lipinski definition) is 3. The molecule has 1 heterocycles. The number of nitrogens with one attached hydrogen (secondary N) is 3. The molecule has 0 saturated carbocycles. The number of benzene rings is 1. The molecule has 1 saturated heterocycles. The van der Waals surface area contributed by atoms with Crippen molar-refractivity contribution in [2.45, 2.75) is 18.9 Å². The van der Waals surface area contributed by atoms with Crippen molar-refractivity contribution in [1.29, 1.82) is 0 Å². The molecule has 0 bridgehead atoms. The molecule has 102 valence electrons. The van der Waals surface area contributed by atoms with Gasteiger partial charge in [-0.15, -0.1) is 0 Å². The Bertz CT molecular complexity index is 428. The summed E-state index contributed by atoms with van der Waals surface area (Å²) in [6, 6.07) is 9.05. The van der Waals surface area contributed by atoms with Gasteiger partial charge in [-0.2, -0.15) is 0 Å². The molecule has 1 atom stereocenters. The van der Waals surface area contributed by atoms with Crippen LogP contribution in [-0.2, 0) is 4.79 Å². The van der Waals surface area contributed by atoms with Gasteiger partial charge in [0.25, 0.3) is 5.91 Å². The summed E-state index contributed by atoms with van der Waals surface area (Å²) in [5.41, 5.74) is 0.564. The third-order valence-electron chi connectivity index (χ3n) is 3.11. The first-order chi connectivity index (χ1) is 9.25. The van der Waals surface area contributed by atoms with E-state index in [1.165, 1.54) is 0 Å². The predicted molar refractivity (Wildman–Crippen MR) is 72.8 cm³/mol. The van der Waals surface area contributed by atoms with Crippen LogP contribution in [0.5, 0.6) is 0 Å². The zero-order valence-corrected chi connectivity index (χ0v) is 10.8. The van der Waals surface area contributed by atoms with E-state index in [0.29, 0.717) is 5.56 Å². The van der Waals surface area contributed by atoms with Gasteiger partial charge in [-0.1, -0.05) is 18.2 Å².